The Labute approximate surface area is 237 Å². The minimum absolute atomic E-state index is 0.00580. The molecule has 0 saturated carbocycles. The third-order valence-corrected chi connectivity index (χ3v) is 7.47. The SMILES string of the molecule is CCCCCCCCCCCCCCCCC[C@@H]1CC[C@@H](COC(=O)N(Cc2ccccn2)C(=O)OCC)O1. The number of carbonyl (C=O) groups is 2. The normalized spacial score (nSPS) is 16.8. The van der Waals surface area contributed by atoms with E-state index in [2.05, 4.69) is 11.9 Å². The molecule has 0 aliphatic carbocycles. The van der Waals surface area contributed by atoms with Gasteiger partial charge in [-0.1, -0.05) is 109 Å². The van der Waals surface area contributed by atoms with Gasteiger partial charge in [0.1, 0.15) is 6.61 Å². The van der Waals surface area contributed by atoms with Gasteiger partial charge in [0.2, 0.25) is 0 Å². The topological polar surface area (TPSA) is 78.0 Å². The first kappa shape index (κ1) is 33.1. The zero-order valence-corrected chi connectivity index (χ0v) is 24.7. The van der Waals surface area contributed by atoms with E-state index in [1.807, 2.05) is 6.07 Å². The van der Waals surface area contributed by atoms with E-state index in [9.17, 15) is 9.59 Å². The molecule has 0 aromatic carbocycles. The zero-order chi connectivity index (χ0) is 28.0. The summed E-state index contributed by atoms with van der Waals surface area (Å²) in [7, 11) is 0. The van der Waals surface area contributed by atoms with Gasteiger partial charge in [-0.2, -0.15) is 0 Å². The van der Waals surface area contributed by atoms with Gasteiger partial charge in [0.05, 0.1) is 31.1 Å². The fourth-order valence-electron chi connectivity index (χ4n) is 5.16. The van der Waals surface area contributed by atoms with E-state index in [-0.39, 0.29) is 32.0 Å². The summed E-state index contributed by atoms with van der Waals surface area (Å²) in [5.74, 6) is 0. The van der Waals surface area contributed by atoms with Crippen LogP contribution in [-0.2, 0) is 20.8 Å². The van der Waals surface area contributed by atoms with Gasteiger partial charge in [-0.25, -0.2) is 14.5 Å². The molecule has 1 aliphatic rings. The second-order valence-electron chi connectivity index (χ2n) is 10.9. The molecule has 1 aromatic rings. The van der Waals surface area contributed by atoms with Gasteiger partial charge in [0.15, 0.2) is 0 Å². The number of aromatic nitrogens is 1. The summed E-state index contributed by atoms with van der Waals surface area (Å²) >= 11 is 0. The molecule has 1 saturated heterocycles. The van der Waals surface area contributed by atoms with Gasteiger partial charge in [0, 0.05) is 6.20 Å². The largest absolute Gasteiger partial charge is 0.449 e. The van der Waals surface area contributed by atoms with Crippen molar-refractivity contribution in [3.8, 4) is 0 Å². The van der Waals surface area contributed by atoms with E-state index >= 15 is 0 Å². The van der Waals surface area contributed by atoms with Crippen LogP contribution in [0, 0.1) is 0 Å². The third kappa shape index (κ3) is 15.3. The van der Waals surface area contributed by atoms with Crippen LogP contribution in [0.4, 0.5) is 9.59 Å². The molecule has 2 rings (SSSR count). The highest BCUT2D eigenvalue weighted by Gasteiger charge is 2.29. The second-order valence-corrected chi connectivity index (χ2v) is 10.9. The summed E-state index contributed by atoms with van der Waals surface area (Å²) in [5.41, 5.74) is 0.586. The van der Waals surface area contributed by atoms with Crippen molar-refractivity contribution in [2.45, 2.75) is 148 Å². The van der Waals surface area contributed by atoms with Crippen LogP contribution in [-0.4, -0.2) is 47.5 Å². The molecule has 7 nitrogen and oxygen atoms in total. The van der Waals surface area contributed by atoms with Crippen LogP contribution in [0.25, 0.3) is 0 Å². The second kappa shape index (κ2) is 21.6. The number of amides is 2. The minimum atomic E-state index is -0.730. The molecule has 2 amide bonds. The average molecular weight is 547 g/mol. The molecule has 1 aliphatic heterocycles. The Morgan fingerprint density at radius 1 is 0.795 bits per heavy atom. The van der Waals surface area contributed by atoms with E-state index in [0.717, 1.165) is 24.2 Å². The molecular weight excluding hydrogens is 492 g/mol. The molecule has 7 heteroatoms. The number of pyridine rings is 1. The maximum absolute atomic E-state index is 12.7. The number of hydrogen-bond donors (Lipinski definition) is 0. The summed E-state index contributed by atoms with van der Waals surface area (Å²) in [6.07, 6.45) is 23.8. The van der Waals surface area contributed by atoms with E-state index in [4.69, 9.17) is 14.2 Å². The van der Waals surface area contributed by atoms with Crippen molar-refractivity contribution in [1.29, 1.82) is 0 Å². The number of carbonyl (C=O) groups excluding carboxylic acids is 2. The van der Waals surface area contributed by atoms with Crippen molar-refractivity contribution in [2.24, 2.45) is 0 Å². The molecule has 1 aromatic heterocycles. The number of hydrogen-bond acceptors (Lipinski definition) is 6. The van der Waals surface area contributed by atoms with E-state index in [1.165, 1.54) is 96.3 Å². The lowest BCUT2D eigenvalue weighted by Gasteiger charge is -2.20. The van der Waals surface area contributed by atoms with Gasteiger partial charge in [0.25, 0.3) is 0 Å². The maximum Gasteiger partial charge on any atom is 0.419 e. The first-order valence-electron chi connectivity index (χ1n) is 15.8. The van der Waals surface area contributed by atoms with Gasteiger partial charge < -0.3 is 14.2 Å². The Morgan fingerprint density at radius 3 is 1.92 bits per heavy atom. The average Bonchev–Trinajstić information content (AvgIpc) is 3.41. The summed E-state index contributed by atoms with van der Waals surface area (Å²) in [4.78, 5) is 30.1. The number of imide groups is 1. The predicted molar refractivity (Wildman–Crippen MR) is 156 cm³/mol. The Bertz CT molecular complexity index is 760. The molecule has 1 fully saturated rings. The number of ether oxygens (including phenoxy) is 3. The van der Waals surface area contributed by atoms with Crippen molar-refractivity contribution in [1.82, 2.24) is 9.88 Å². The molecule has 39 heavy (non-hydrogen) atoms. The molecule has 2 heterocycles. The molecule has 0 radical (unpaired) electrons. The Hall–Kier alpha value is -2.15. The van der Waals surface area contributed by atoms with Gasteiger partial charge >= 0.3 is 12.2 Å². The summed E-state index contributed by atoms with van der Waals surface area (Å²) in [5, 5.41) is 0. The monoisotopic (exact) mass is 546 g/mol. The lowest BCUT2D eigenvalue weighted by Crippen LogP contribution is -2.38. The smallest absolute Gasteiger partial charge is 0.419 e. The van der Waals surface area contributed by atoms with Crippen LogP contribution in [0.1, 0.15) is 135 Å². The van der Waals surface area contributed by atoms with Crippen LogP contribution in [0.5, 0.6) is 0 Å². The summed E-state index contributed by atoms with van der Waals surface area (Å²) in [6.45, 7) is 4.31. The lowest BCUT2D eigenvalue weighted by molar-refractivity contribution is -0.00640. The zero-order valence-electron chi connectivity index (χ0n) is 24.7. The van der Waals surface area contributed by atoms with E-state index in [1.54, 1.807) is 25.3 Å². The highest BCUT2D eigenvalue weighted by molar-refractivity contribution is 5.87. The van der Waals surface area contributed by atoms with Gasteiger partial charge in [-0.15, -0.1) is 0 Å². The van der Waals surface area contributed by atoms with Crippen molar-refractivity contribution in [3.63, 3.8) is 0 Å². The summed E-state index contributed by atoms with van der Waals surface area (Å²) in [6, 6.07) is 5.34. The van der Waals surface area contributed by atoms with Crippen molar-refractivity contribution < 1.29 is 23.8 Å². The van der Waals surface area contributed by atoms with Crippen molar-refractivity contribution in [3.05, 3.63) is 30.1 Å². The Kier molecular flexibility index (Phi) is 18.3. The quantitative estimate of drug-likeness (QED) is 0.143. The van der Waals surface area contributed by atoms with E-state index < -0.39 is 12.2 Å². The van der Waals surface area contributed by atoms with Gasteiger partial charge in [-0.05, 0) is 38.3 Å². The maximum atomic E-state index is 12.7. The summed E-state index contributed by atoms with van der Waals surface area (Å²) < 4.78 is 16.6. The van der Waals surface area contributed by atoms with Gasteiger partial charge in [-0.3, -0.25) is 4.98 Å². The number of rotatable bonds is 21. The molecule has 0 N–H and O–H groups in total. The standard InChI is InChI=1S/C32H54N2O5/c1-3-5-6-7-8-9-10-11-12-13-14-15-16-17-18-22-29-23-24-30(39-29)27-38-32(36)34(31(35)37-4-2)26-28-21-19-20-25-33-28/h19-21,25,29-30H,3-18,22-24,26-27H2,1-2H3/t29-,30+/m1/s1. The minimum Gasteiger partial charge on any atom is -0.449 e. The molecule has 222 valence electrons. The highest BCUT2D eigenvalue weighted by Crippen LogP contribution is 2.25. The Balaban J connectivity index is 1.48. The molecule has 0 spiro atoms. The fraction of sp³-hybridized carbons (Fsp3) is 0.781. The van der Waals surface area contributed by atoms with Crippen LogP contribution < -0.4 is 0 Å². The fourth-order valence-corrected chi connectivity index (χ4v) is 5.16. The molecule has 0 bridgehead atoms. The van der Waals surface area contributed by atoms with Crippen molar-refractivity contribution in [2.75, 3.05) is 13.2 Å². The van der Waals surface area contributed by atoms with Crippen LogP contribution in [0.3, 0.4) is 0 Å². The van der Waals surface area contributed by atoms with Crippen LogP contribution >= 0.6 is 0 Å². The van der Waals surface area contributed by atoms with Crippen LogP contribution in [0.2, 0.25) is 0 Å². The predicted octanol–water partition coefficient (Wildman–Crippen LogP) is 8.99. The Morgan fingerprint density at radius 2 is 1.36 bits per heavy atom. The number of unbranched alkanes of at least 4 members (excludes halogenated alkanes) is 14. The van der Waals surface area contributed by atoms with Crippen molar-refractivity contribution >= 4 is 12.2 Å². The third-order valence-electron chi connectivity index (χ3n) is 7.47. The molecule has 0 unspecified atom stereocenters. The number of nitrogens with zero attached hydrogens (tertiary/aromatic N) is 2. The van der Waals surface area contributed by atoms with E-state index in [0.29, 0.717) is 5.69 Å². The lowest BCUT2D eigenvalue weighted by atomic mass is 10.0. The highest BCUT2D eigenvalue weighted by atomic mass is 16.6. The molecule has 2 atom stereocenters. The molecular formula is C32H54N2O5. The van der Waals surface area contributed by atoms with Crippen LogP contribution in [0.15, 0.2) is 24.4 Å². The first-order valence-corrected chi connectivity index (χ1v) is 15.8. The first-order chi connectivity index (χ1) is 19.1.